The molecule has 1 fully saturated rings. The van der Waals surface area contributed by atoms with Gasteiger partial charge in [0, 0.05) is 31.2 Å². The maximum atomic E-state index is 12.4. The highest BCUT2D eigenvalue weighted by Gasteiger charge is 2.25. The third kappa shape index (κ3) is 3.61. The van der Waals surface area contributed by atoms with Crippen LogP contribution in [0.15, 0.2) is 34.1 Å². The molecule has 24 heavy (non-hydrogen) atoms. The predicted octanol–water partition coefficient (Wildman–Crippen LogP) is 0.862. The fraction of sp³-hybridized carbons (Fsp3) is 0.412. The number of piperidine rings is 1. The van der Waals surface area contributed by atoms with Crippen LogP contribution in [0.25, 0.3) is 0 Å². The maximum Gasteiger partial charge on any atom is 0.325 e. The van der Waals surface area contributed by atoms with E-state index in [4.69, 9.17) is 0 Å². The second-order valence-corrected chi connectivity index (χ2v) is 6.23. The summed E-state index contributed by atoms with van der Waals surface area (Å²) in [6, 6.07) is 4.13. The fourth-order valence-electron chi connectivity index (χ4n) is 3.14. The third-order valence-corrected chi connectivity index (χ3v) is 4.44. The van der Waals surface area contributed by atoms with Gasteiger partial charge in [-0.3, -0.25) is 19.6 Å². The van der Waals surface area contributed by atoms with Crippen molar-refractivity contribution < 1.29 is 4.79 Å². The van der Waals surface area contributed by atoms with Crippen LogP contribution in [0.2, 0.25) is 0 Å². The van der Waals surface area contributed by atoms with Gasteiger partial charge in [0.2, 0.25) is 0 Å². The molecule has 0 bridgehead atoms. The first-order chi connectivity index (χ1) is 11.5. The van der Waals surface area contributed by atoms with E-state index in [2.05, 4.69) is 21.0 Å². The molecule has 3 rings (SSSR count). The minimum absolute atomic E-state index is 0.0159. The number of amides is 1. The lowest BCUT2D eigenvalue weighted by atomic mass is 9.90. The molecule has 0 aliphatic carbocycles. The highest BCUT2D eigenvalue weighted by Crippen LogP contribution is 2.22. The first-order valence-electron chi connectivity index (χ1n) is 8.06. The molecular formula is C17H20N4O3. The number of nitrogens with one attached hydrogen (secondary N) is 2. The van der Waals surface area contributed by atoms with Crippen molar-refractivity contribution in [1.82, 2.24) is 19.9 Å². The van der Waals surface area contributed by atoms with Crippen molar-refractivity contribution in [1.29, 1.82) is 0 Å². The van der Waals surface area contributed by atoms with E-state index < -0.39 is 11.2 Å². The molecule has 126 valence electrons. The zero-order valence-corrected chi connectivity index (χ0v) is 13.5. The summed E-state index contributed by atoms with van der Waals surface area (Å²) in [5.74, 6) is 0.190. The number of nitrogens with zero attached hydrogens (tertiary/aromatic N) is 2. The van der Waals surface area contributed by atoms with Crippen LogP contribution in [-0.4, -0.2) is 38.8 Å². The van der Waals surface area contributed by atoms with Crippen molar-refractivity contribution in [2.24, 2.45) is 5.92 Å². The smallest absolute Gasteiger partial charge is 0.325 e. The first-order valence-corrected chi connectivity index (χ1v) is 8.06. The molecule has 1 amide bonds. The van der Waals surface area contributed by atoms with Crippen molar-refractivity contribution in [2.45, 2.75) is 26.2 Å². The first kappa shape index (κ1) is 16.2. The predicted molar refractivity (Wildman–Crippen MR) is 89.0 cm³/mol. The number of likely N-dealkylation sites (tertiary alicyclic amines) is 1. The van der Waals surface area contributed by atoms with Crippen molar-refractivity contribution in [3.8, 4) is 0 Å². The van der Waals surface area contributed by atoms with Crippen molar-refractivity contribution >= 4 is 5.91 Å². The summed E-state index contributed by atoms with van der Waals surface area (Å²) in [7, 11) is 0. The maximum absolute atomic E-state index is 12.4. The van der Waals surface area contributed by atoms with Crippen molar-refractivity contribution in [3.05, 3.63) is 62.2 Å². The molecule has 3 heterocycles. The summed E-state index contributed by atoms with van der Waals surface area (Å²) in [6.07, 6.45) is 5.79. The van der Waals surface area contributed by atoms with E-state index in [0.717, 1.165) is 25.0 Å². The largest absolute Gasteiger partial charge is 0.338 e. The normalized spacial score (nSPS) is 15.5. The van der Waals surface area contributed by atoms with Gasteiger partial charge in [0.05, 0.1) is 0 Å². The van der Waals surface area contributed by atoms with E-state index in [1.54, 1.807) is 4.90 Å². The molecule has 7 heteroatoms. The number of aryl methyl sites for hydroxylation is 1. The number of hydrogen-bond acceptors (Lipinski definition) is 4. The lowest BCUT2D eigenvalue weighted by Crippen LogP contribution is -2.41. The third-order valence-electron chi connectivity index (χ3n) is 4.44. The second kappa shape index (κ2) is 6.82. The minimum atomic E-state index is -0.641. The van der Waals surface area contributed by atoms with Gasteiger partial charge in [0.15, 0.2) is 0 Å². The van der Waals surface area contributed by atoms with Crippen molar-refractivity contribution in [2.75, 3.05) is 13.1 Å². The highest BCUT2D eigenvalue weighted by molar-refractivity contribution is 5.93. The van der Waals surface area contributed by atoms with Gasteiger partial charge in [-0.15, -0.1) is 0 Å². The molecule has 2 aromatic rings. The molecular weight excluding hydrogens is 308 g/mol. The van der Waals surface area contributed by atoms with Gasteiger partial charge < -0.3 is 9.88 Å². The average Bonchev–Trinajstić information content (AvgIpc) is 2.55. The zero-order valence-electron chi connectivity index (χ0n) is 13.5. The van der Waals surface area contributed by atoms with E-state index >= 15 is 0 Å². The number of carbonyl (C=O) groups is 1. The Morgan fingerprint density at radius 1 is 1.33 bits per heavy atom. The van der Waals surface area contributed by atoms with Crippen LogP contribution in [0.5, 0.6) is 0 Å². The van der Waals surface area contributed by atoms with Crippen LogP contribution >= 0.6 is 0 Å². The number of pyridine rings is 1. The van der Waals surface area contributed by atoms with Crippen LogP contribution in [0, 0.1) is 12.8 Å². The van der Waals surface area contributed by atoms with Gasteiger partial charge in [-0.2, -0.15) is 0 Å². The Balaban J connectivity index is 1.61. The molecule has 7 nitrogen and oxygen atoms in total. The number of rotatable bonds is 3. The van der Waals surface area contributed by atoms with E-state index in [1.807, 2.05) is 19.2 Å². The fourth-order valence-corrected chi connectivity index (χ4v) is 3.14. The Hall–Kier alpha value is -2.70. The Morgan fingerprint density at radius 3 is 2.75 bits per heavy atom. The van der Waals surface area contributed by atoms with Gasteiger partial charge in [0.25, 0.3) is 11.5 Å². The molecule has 0 aromatic carbocycles. The second-order valence-electron chi connectivity index (χ2n) is 6.23. The number of hydrogen-bond donors (Lipinski definition) is 2. The summed E-state index contributed by atoms with van der Waals surface area (Å²) >= 11 is 0. The molecule has 2 N–H and O–H groups in total. The zero-order chi connectivity index (χ0) is 17.1. The van der Waals surface area contributed by atoms with E-state index in [-0.39, 0.29) is 11.5 Å². The van der Waals surface area contributed by atoms with Crippen LogP contribution in [0.1, 0.15) is 34.5 Å². The van der Waals surface area contributed by atoms with Crippen LogP contribution < -0.4 is 11.2 Å². The molecule has 0 radical (unpaired) electrons. The van der Waals surface area contributed by atoms with Gasteiger partial charge in [0.1, 0.15) is 5.56 Å². The Labute approximate surface area is 138 Å². The van der Waals surface area contributed by atoms with Gasteiger partial charge in [-0.05, 0) is 49.8 Å². The Morgan fingerprint density at radius 2 is 2.08 bits per heavy atom. The van der Waals surface area contributed by atoms with E-state index in [1.165, 1.54) is 11.8 Å². The molecule has 2 aromatic heterocycles. The molecule has 0 spiro atoms. The number of aromatic amines is 2. The molecule has 1 aliphatic rings. The highest BCUT2D eigenvalue weighted by atomic mass is 16.2. The molecule has 0 atom stereocenters. The van der Waals surface area contributed by atoms with Gasteiger partial charge in [-0.1, -0.05) is 0 Å². The summed E-state index contributed by atoms with van der Waals surface area (Å²) < 4.78 is 0. The van der Waals surface area contributed by atoms with Gasteiger partial charge in [-0.25, -0.2) is 4.79 Å². The van der Waals surface area contributed by atoms with Crippen LogP contribution in [0.3, 0.4) is 0 Å². The van der Waals surface area contributed by atoms with E-state index in [0.29, 0.717) is 19.0 Å². The summed E-state index contributed by atoms with van der Waals surface area (Å²) in [5, 5.41) is 0. The van der Waals surface area contributed by atoms with Crippen LogP contribution in [0.4, 0.5) is 0 Å². The molecule has 0 unspecified atom stereocenters. The number of H-pyrrole nitrogens is 2. The monoisotopic (exact) mass is 328 g/mol. The Kier molecular flexibility index (Phi) is 4.59. The lowest BCUT2D eigenvalue weighted by molar-refractivity contribution is 0.0688. The van der Waals surface area contributed by atoms with E-state index in [9.17, 15) is 14.4 Å². The lowest BCUT2D eigenvalue weighted by Gasteiger charge is -2.32. The van der Waals surface area contributed by atoms with Gasteiger partial charge >= 0.3 is 5.69 Å². The topological polar surface area (TPSA) is 98.9 Å². The van der Waals surface area contributed by atoms with Crippen LogP contribution in [-0.2, 0) is 6.42 Å². The molecule has 1 aliphatic heterocycles. The summed E-state index contributed by atoms with van der Waals surface area (Å²) in [6.45, 7) is 3.21. The average molecular weight is 328 g/mol. The number of aromatic nitrogens is 3. The summed E-state index contributed by atoms with van der Waals surface area (Å²) in [5.41, 5.74) is 1.01. The van der Waals surface area contributed by atoms with Crippen molar-refractivity contribution in [3.63, 3.8) is 0 Å². The number of carbonyl (C=O) groups excluding carboxylic acids is 1. The minimum Gasteiger partial charge on any atom is -0.338 e. The molecule has 1 saturated heterocycles. The standard InChI is InChI=1S/C17H20N4O3/c1-11-8-13(2-5-18-11)9-12-3-6-21(7-4-12)16(23)14-10-19-17(24)20-15(14)22/h2,5,8,10,12H,3-4,6-7,9H2,1H3,(H2,19,20,22,24). The SMILES string of the molecule is Cc1cc(CC2CCN(C(=O)c3c[nH]c(=O)[nH]c3=O)CC2)ccn1. The quantitative estimate of drug-likeness (QED) is 0.873. The Bertz CT molecular complexity index is 847. The molecule has 0 saturated carbocycles. The summed E-state index contributed by atoms with van der Waals surface area (Å²) in [4.78, 5) is 45.5.